The highest BCUT2D eigenvalue weighted by molar-refractivity contribution is 7.98. The fourth-order valence-corrected chi connectivity index (χ4v) is 4.64. The summed E-state index contributed by atoms with van der Waals surface area (Å²) in [6.07, 6.45) is 5.15. The van der Waals surface area contributed by atoms with Crippen LogP contribution in [0.1, 0.15) is 27.0 Å². The molecule has 0 N–H and O–H groups in total. The predicted octanol–water partition coefficient (Wildman–Crippen LogP) is 4.35. The first-order chi connectivity index (χ1) is 14.6. The maximum atomic E-state index is 13.0. The number of aryl methyl sites for hydroxylation is 2. The van der Waals surface area contributed by atoms with Crippen LogP contribution in [0.25, 0.3) is 0 Å². The van der Waals surface area contributed by atoms with Crippen LogP contribution in [0, 0.1) is 13.8 Å². The summed E-state index contributed by atoms with van der Waals surface area (Å²) in [4.78, 5) is 26.9. The molecule has 0 radical (unpaired) electrons. The summed E-state index contributed by atoms with van der Waals surface area (Å²) in [5.41, 5.74) is 4.52. The highest BCUT2D eigenvalue weighted by atomic mass is 32.2. The van der Waals surface area contributed by atoms with Crippen LogP contribution in [0.2, 0.25) is 0 Å². The van der Waals surface area contributed by atoms with Crippen molar-refractivity contribution >= 4 is 23.5 Å². The molecular weight excluding hydrogens is 392 g/mol. The number of benzene rings is 2. The lowest BCUT2D eigenvalue weighted by atomic mass is 10.1. The molecule has 0 saturated carbocycles. The van der Waals surface area contributed by atoms with E-state index in [9.17, 15) is 4.79 Å². The second kappa shape index (κ2) is 9.30. The molecule has 0 bridgehead atoms. The van der Waals surface area contributed by atoms with Crippen LogP contribution in [0.5, 0.6) is 0 Å². The van der Waals surface area contributed by atoms with E-state index in [1.54, 1.807) is 18.6 Å². The second-order valence-corrected chi connectivity index (χ2v) is 8.62. The van der Waals surface area contributed by atoms with Crippen molar-refractivity contribution in [1.82, 2.24) is 14.9 Å². The quantitative estimate of drug-likeness (QED) is 0.577. The third-order valence-electron chi connectivity index (χ3n) is 5.34. The minimum Gasteiger partial charge on any atom is -0.352 e. The van der Waals surface area contributed by atoms with Crippen LogP contribution in [-0.4, -0.2) is 47.0 Å². The van der Waals surface area contributed by atoms with Crippen LogP contribution in [0.4, 0.5) is 5.82 Å². The summed E-state index contributed by atoms with van der Waals surface area (Å²) >= 11 is 1.82. The first-order valence-electron chi connectivity index (χ1n) is 10.2. The number of nitrogens with zero attached hydrogens (tertiary/aromatic N) is 4. The highest BCUT2D eigenvalue weighted by Gasteiger charge is 2.23. The fraction of sp³-hybridized carbons (Fsp3) is 0.292. The molecule has 154 valence electrons. The average molecular weight is 419 g/mol. The van der Waals surface area contributed by atoms with Gasteiger partial charge in [0, 0.05) is 54.8 Å². The Kier molecular flexibility index (Phi) is 6.33. The normalized spacial score (nSPS) is 14.1. The molecule has 3 aromatic rings. The van der Waals surface area contributed by atoms with Crippen LogP contribution in [0.3, 0.4) is 0 Å². The third kappa shape index (κ3) is 4.82. The largest absolute Gasteiger partial charge is 0.352 e. The molecule has 0 atom stereocenters. The van der Waals surface area contributed by atoms with Gasteiger partial charge in [-0.2, -0.15) is 0 Å². The lowest BCUT2D eigenvalue weighted by molar-refractivity contribution is 0.0746. The van der Waals surface area contributed by atoms with Gasteiger partial charge in [-0.3, -0.25) is 9.78 Å². The molecule has 0 aliphatic carbocycles. The summed E-state index contributed by atoms with van der Waals surface area (Å²) in [7, 11) is 0. The topological polar surface area (TPSA) is 49.3 Å². The summed E-state index contributed by atoms with van der Waals surface area (Å²) in [5, 5.41) is 0. The molecule has 1 aromatic heterocycles. The van der Waals surface area contributed by atoms with E-state index < -0.39 is 0 Å². The van der Waals surface area contributed by atoms with Gasteiger partial charge in [0.25, 0.3) is 5.91 Å². The Balaban J connectivity index is 1.37. The molecule has 2 aromatic carbocycles. The van der Waals surface area contributed by atoms with E-state index in [0.717, 1.165) is 30.2 Å². The summed E-state index contributed by atoms with van der Waals surface area (Å²) in [5.74, 6) is 1.83. The smallest absolute Gasteiger partial charge is 0.253 e. The Morgan fingerprint density at radius 3 is 2.60 bits per heavy atom. The number of hydrogen-bond donors (Lipinski definition) is 0. The lowest BCUT2D eigenvalue weighted by Crippen LogP contribution is -2.49. The standard InChI is InChI=1S/C24H26N4OS/c1-18-6-7-22(19(2)14-18)30-17-20-4-3-5-21(15-20)24(29)28-12-10-27(11-13-28)23-16-25-8-9-26-23/h3-9,14-16H,10-13,17H2,1-2H3. The van der Waals surface area contributed by atoms with Crippen molar-refractivity contribution in [2.24, 2.45) is 0 Å². The Morgan fingerprint density at radius 1 is 1.03 bits per heavy atom. The molecule has 4 rings (SSSR count). The Hall–Kier alpha value is -2.86. The van der Waals surface area contributed by atoms with Crippen molar-refractivity contribution in [2.45, 2.75) is 24.5 Å². The van der Waals surface area contributed by atoms with Crippen LogP contribution in [0.15, 0.2) is 66.0 Å². The molecule has 6 heteroatoms. The minimum absolute atomic E-state index is 0.104. The number of amides is 1. The van der Waals surface area contributed by atoms with Crippen molar-refractivity contribution in [3.05, 3.63) is 83.3 Å². The maximum absolute atomic E-state index is 13.0. The molecule has 1 aliphatic heterocycles. The first-order valence-corrected chi connectivity index (χ1v) is 11.2. The van der Waals surface area contributed by atoms with Gasteiger partial charge in [-0.25, -0.2) is 4.98 Å². The van der Waals surface area contributed by atoms with Crippen molar-refractivity contribution in [2.75, 3.05) is 31.1 Å². The van der Waals surface area contributed by atoms with Crippen LogP contribution in [-0.2, 0) is 5.75 Å². The Morgan fingerprint density at radius 2 is 1.87 bits per heavy atom. The molecule has 1 saturated heterocycles. The fourth-order valence-electron chi connectivity index (χ4n) is 3.69. The molecule has 30 heavy (non-hydrogen) atoms. The zero-order valence-electron chi connectivity index (χ0n) is 17.4. The van der Waals surface area contributed by atoms with E-state index in [2.05, 4.69) is 53.0 Å². The summed E-state index contributed by atoms with van der Waals surface area (Å²) in [6.45, 7) is 7.19. The number of hydrogen-bond acceptors (Lipinski definition) is 5. The van der Waals surface area contributed by atoms with E-state index in [1.165, 1.54) is 21.6 Å². The number of carbonyl (C=O) groups is 1. The molecular formula is C24H26N4OS. The average Bonchev–Trinajstić information content (AvgIpc) is 2.79. The predicted molar refractivity (Wildman–Crippen MR) is 122 cm³/mol. The van der Waals surface area contributed by atoms with Gasteiger partial charge in [-0.15, -0.1) is 11.8 Å². The van der Waals surface area contributed by atoms with Gasteiger partial charge in [0.15, 0.2) is 0 Å². The number of anilines is 1. The second-order valence-electron chi connectivity index (χ2n) is 7.60. The van der Waals surface area contributed by atoms with Crippen molar-refractivity contribution in [3.8, 4) is 0 Å². The van der Waals surface area contributed by atoms with Crippen LogP contribution < -0.4 is 4.90 Å². The first kappa shape index (κ1) is 20.4. The number of piperazine rings is 1. The Bertz CT molecular complexity index is 1020. The molecule has 0 unspecified atom stereocenters. The monoisotopic (exact) mass is 418 g/mol. The van der Waals surface area contributed by atoms with Gasteiger partial charge in [-0.05, 0) is 43.2 Å². The number of thioether (sulfide) groups is 1. The van der Waals surface area contributed by atoms with E-state index in [1.807, 2.05) is 34.9 Å². The van der Waals surface area contributed by atoms with E-state index in [-0.39, 0.29) is 5.91 Å². The molecule has 2 heterocycles. The van der Waals surface area contributed by atoms with Gasteiger partial charge in [0.1, 0.15) is 5.82 Å². The lowest BCUT2D eigenvalue weighted by Gasteiger charge is -2.35. The zero-order chi connectivity index (χ0) is 20.9. The number of rotatable bonds is 5. The maximum Gasteiger partial charge on any atom is 0.253 e. The summed E-state index contributed by atoms with van der Waals surface area (Å²) < 4.78 is 0. The molecule has 5 nitrogen and oxygen atoms in total. The number of carbonyl (C=O) groups excluding carboxylic acids is 1. The zero-order valence-corrected chi connectivity index (χ0v) is 18.2. The Labute approximate surface area is 182 Å². The van der Waals surface area contributed by atoms with Crippen LogP contribution >= 0.6 is 11.8 Å². The molecule has 1 fully saturated rings. The van der Waals surface area contributed by atoms with Crippen molar-refractivity contribution in [3.63, 3.8) is 0 Å². The van der Waals surface area contributed by atoms with Gasteiger partial charge in [-0.1, -0.05) is 29.8 Å². The van der Waals surface area contributed by atoms with Gasteiger partial charge in [0.2, 0.25) is 0 Å². The third-order valence-corrected chi connectivity index (χ3v) is 6.59. The van der Waals surface area contributed by atoms with Crippen molar-refractivity contribution in [1.29, 1.82) is 0 Å². The highest BCUT2D eigenvalue weighted by Crippen LogP contribution is 2.27. The van der Waals surface area contributed by atoms with Gasteiger partial charge >= 0.3 is 0 Å². The van der Waals surface area contributed by atoms with E-state index in [0.29, 0.717) is 13.1 Å². The van der Waals surface area contributed by atoms with E-state index in [4.69, 9.17) is 0 Å². The minimum atomic E-state index is 0.104. The molecule has 0 spiro atoms. The molecule has 1 aliphatic rings. The SMILES string of the molecule is Cc1ccc(SCc2cccc(C(=O)N3CCN(c4cnccn4)CC3)c2)c(C)c1. The van der Waals surface area contributed by atoms with Crippen molar-refractivity contribution < 1.29 is 4.79 Å². The van der Waals surface area contributed by atoms with Gasteiger partial charge < -0.3 is 9.80 Å². The number of aromatic nitrogens is 2. The van der Waals surface area contributed by atoms with Gasteiger partial charge in [0.05, 0.1) is 6.20 Å². The summed E-state index contributed by atoms with van der Waals surface area (Å²) in [6, 6.07) is 14.6. The molecule has 1 amide bonds. The van der Waals surface area contributed by atoms with E-state index >= 15 is 0 Å².